The number of esters is 1. The molecule has 6 unspecified atom stereocenters. The van der Waals surface area contributed by atoms with Crippen LogP contribution in [0.2, 0.25) is 0 Å². The Hall–Kier alpha value is -1.40. The molecule has 0 aliphatic heterocycles. The van der Waals surface area contributed by atoms with Crippen LogP contribution in [0.4, 0.5) is 0 Å². The summed E-state index contributed by atoms with van der Waals surface area (Å²) >= 11 is 0. The van der Waals surface area contributed by atoms with Gasteiger partial charge in [-0.05, 0) is 109 Å². The summed E-state index contributed by atoms with van der Waals surface area (Å²) in [5.74, 6) is 4.18. The SMILES string of the molecule is CC(C)(N)CCN(CCC(C)(C)N)C(=O)CCC(=O)OC1CCC2C(=CCC3C4CCCC4CCC23)C1. The highest BCUT2D eigenvalue weighted by Crippen LogP contribution is 2.56. The topological polar surface area (TPSA) is 98.6 Å². The molecule has 4 aliphatic carbocycles. The van der Waals surface area contributed by atoms with E-state index in [-0.39, 0.29) is 41.9 Å². The fraction of sp³-hybridized carbons (Fsp3) is 0.871. The fourth-order valence-corrected chi connectivity index (χ4v) is 7.77. The van der Waals surface area contributed by atoms with Gasteiger partial charge in [-0.25, -0.2) is 0 Å². The van der Waals surface area contributed by atoms with Crippen LogP contribution in [0.25, 0.3) is 0 Å². The maximum absolute atomic E-state index is 13.0. The number of fused-ring (bicyclic) bond motifs is 5. The Morgan fingerprint density at radius 2 is 1.59 bits per heavy atom. The summed E-state index contributed by atoms with van der Waals surface area (Å²) in [5, 5.41) is 0. The van der Waals surface area contributed by atoms with E-state index in [4.69, 9.17) is 16.2 Å². The number of allylic oxidation sites excluding steroid dienone is 1. The van der Waals surface area contributed by atoms with Crippen LogP contribution >= 0.6 is 0 Å². The number of ether oxygens (including phenoxy) is 1. The Labute approximate surface area is 225 Å². The summed E-state index contributed by atoms with van der Waals surface area (Å²) in [5.41, 5.74) is 13.2. The zero-order valence-corrected chi connectivity index (χ0v) is 24.0. The number of nitrogens with two attached hydrogens (primary N) is 2. The van der Waals surface area contributed by atoms with Crippen LogP contribution in [0.3, 0.4) is 0 Å². The molecular weight excluding hydrogens is 462 g/mol. The molecule has 3 saturated carbocycles. The van der Waals surface area contributed by atoms with Crippen molar-refractivity contribution in [2.75, 3.05) is 13.1 Å². The normalized spacial score (nSPS) is 31.6. The molecule has 0 radical (unpaired) electrons. The van der Waals surface area contributed by atoms with Gasteiger partial charge in [-0.15, -0.1) is 0 Å². The number of hydrogen-bond donors (Lipinski definition) is 2. The quantitative estimate of drug-likeness (QED) is 0.302. The lowest BCUT2D eigenvalue weighted by molar-refractivity contribution is -0.152. The van der Waals surface area contributed by atoms with Crippen molar-refractivity contribution in [3.63, 3.8) is 0 Å². The summed E-state index contributed by atoms with van der Waals surface area (Å²) in [4.78, 5) is 27.6. The highest BCUT2D eigenvalue weighted by molar-refractivity contribution is 5.81. The van der Waals surface area contributed by atoms with Gasteiger partial charge in [0.25, 0.3) is 0 Å². The van der Waals surface area contributed by atoms with Crippen LogP contribution in [-0.4, -0.2) is 47.0 Å². The van der Waals surface area contributed by atoms with Gasteiger partial charge < -0.3 is 21.1 Å². The fourth-order valence-electron chi connectivity index (χ4n) is 7.77. The number of hydrogen-bond acceptors (Lipinski definition) is 5. The van der Waals surface area contributed by atoms with Gasteiger partial charge >= 0.3 is 5.97 Å². The van der Waals surface area contributed by atoms with E-state index >= 15 is 0 Å². The van der Waals surface area contributed by atoms with Crippen molar-refractivity contribution in [2.45, 2.75) is 128 Å². The van der Waals surface area contributed by atoms with Crippen molar-refractivity contribution in [1.82, 2.24) is 4.90 Å². The van der Waals surface area contributed by atoms with Crippen molar-refractivity contribution in [3.8, 4) is 0 Å². The summed E-state index contributed by atoms with van der Waals surface area (Å²) in [6.45, 7) is 9.03. The Morgan fingerprint density at radius 1 is 0.892 bits per heavy atom. The Morgan fingerprint density at radius 3 is 2.27 bits per heavy atom. The highest BCUT2D eigenvalue weighted by atomic mass is 16.5. The molecule has 4 aliphatic rings. The third-order valence-electron chi connectivity index (χ3n) is 9.84. The molecule has 3 fully saturated rings. The monoisotopic (exact) mass is 515 g/mol. The Kier molecular flexibility index (Phi) is 9.10. The Balaban J connectivity index is 1.25. The molecule has 6 nitrogen and oxygen atoms in total. The maximum Gasteiger partial charge on any atom is 0.306 e. The van der Waals surface area contributed by atoms with E-state index < -0.39 is 0 Å². The van der Waals surface area contributed by atoms with E-state index in [1.807, 2.05) is 32.6 Å². The molecule has 1 amide bonds. The van der Waals surface area contributed by atoms with Crippen molar-refractivity contribution in [2.24, 2.45) is 41.1 Å². The summed E-state index contributed by atoms with van der Waals surface area (Å²) in [6, 6.07) is 0. The molecule has 6 heteroatoms. The zero-order valence-electron chi connectivity index (χ0n) is 24.0. The summed E-state index contributed by atoms with van der Waals surface area (Å²) < 4.78 is 5.91. The van der Waals surface area contributed by atoms with Crippen molar-refractivity contribution < 1.29 is 14.3 Å². The smallest absolute Gasteiger partial charge is 0.306 e. The molecule has 6 atom stereocenters. The minimum atomic E-state index is -0.348. The van der Waals surface area contributed by atoms with Gasteiger partial charge in [0.2, 0.25) is 5.91 Å². The second-order valence-electron chi connectivity index (χ2n) is 14.1. The van der Waals surface area contributed by atoms with Crippen LogP contribution < -0.4 is 11.5 Å². The van der Waals surface area contributed by atoms with Crippen molar-refractivity contribution in [3.05, 3.63) is 11.6 Å². The lowest BCUT2D eigenvalue weighted by Crippen LogP contribution is -2.43. The van der Waals surface area contributed by atoms with Gasteiger partial charge in [-0.3, -0.25) is 9.59 Å². The van der Waals surface area contributed by atoms with E-state index in [0.717, 1.165) is 42.9 Å². The van der Waals surface area contributed by atoms with E-state index in [9.17, 15) is 9.59 Å². The summed E-state index contributed by atoms with van der Waals surface area (Å²) in [7, 11) is 0. The van der Waals surface area contributed by atoms with Crippen LogP contribution in [0.1, 0.15) is 111 Å². The minimum absolute atomic E-state index is 0.0160. The number of carbonyl (C=O) groups excluding carboxylic acids is 2. The molecule has 4 N–H and O–H groups in total. The Bertz CT molecular complexity index is 822. The zero-order chi connectivity index (χ0) is 26.8. The van der Waals surface area contributed by atoms with Crippen LogP contribution in [0.5, 0.6) is 0 Å². The molecule has 0 heterocycles. The van der Waals surface area contributed by atoms with Gasteiger partial charge in [-0.2, -0.15) is 0 Å². The second kappa shape index (κ2) is 11.8. The predicted molar refractivity (Wildman–Crippen MR) is 149 cm³/mol. The largest absolute Gasteiger partial charge is 0.462 e. The van der Waals surface area contributed by atoms with E-state index in [1.54, 1.807) is 5.57 Å². The molecule has 4 rings (SSSR count). The summed E-state index contributed by atoms with van der Waals surface area (Å²) in [6.07, 6.45) is 15.6. The van der Waals surface area contributed by atoms with Gasteiger partial charge in [-0.1, -0.05) is 24.5 Å². The number of nitrogens with zero attached hydrogens (tertiary/aromatic N) is 1. The van der Waals surface area contributed by atoms with Crippen molar-refractivity contribution in [1.29, 1.82) is 0 Å². The molecule has 0 spiro atoms. The van der Waals surface area contributed by atoms with Crippen LogP contribution in [0, 0.1) is 29.6 Å². The lowest BCUT2D eigenvalue weighted by atomic mass is 9.57. The second-order valence-corrected chi connectivity index (χ2v) is 14.1. The van der Waals surface area contributed by atoms with Gasteiger partial charge in [0, 0.05) is 37.0 Å². The first-order valence-corrected chi connectivity index (χ1v) is 15.1. The predicted octanol–water partition coefficient (Wildman–Crippen LogP) is 5.33. The molecule has 210 valence electrons. The average Bonchev–Trinajstić information content (AvgIpc) is 3.30. The first-order chi connectivity index (χ1) is 17.4. The first-order valence-electron chi connectivity index (χ1n) is 15.1. The van der Waals surface area contributed by atoms with Crippen LogP contribution in [-0.2, 0) is 14.3 Å². The highest BCUT2D eigenvalue weighted by Gasteiger charge is 2.47. The molecule has 0 aromatic rings. The van der Waals surface area contributed by atoms with Gasteiger partial charge in [0.05, 0.1) is 6.42 Å². The van der Waals surface area contributed by atoms with Crippen molar-refractivity contribution >= 4 is 11.9 Å². The van der Waals surface area contributed by atoms with Gasteiger partial charge in [0.1, 0.15) is 6.10 Å². The number of carbonyl (C=O) groups is 2. The maximum atomic E-state index is 13.0. The van der Waals surface area contributed by atoms with E-state index in [2.05, 4.69) is 6.08 Å². The average molecular weight is 516 g/mol. The molecular formula is C31H53N3O3. The molecule has 0 saturated heterocycles. The first kappa shape index (κ1) is 28.6. The standard InChI is InChI=1S/C31H53N3O3/c1-30(2,32)16-18-34(19-17-31(3,4)33)28(35)14-15-29(36)37-23-10-13-25-22(20-23)9-12-26-24-7-5-6-21(24)8-11-27(25)26/h9,21,23-27H,5-8,10-20,32-33H2,1-4H3. The molecule has 0 aromatic carbocycles. The molecule has 37 heavy (non-hydrogen) atoms. The van der Waals surface area contributed by atoms with E-state index in [1.165, 1.54) is 38.5 Å². The third-order valence-corrected chi connectivity index (χ3v) is 9.84. The molecule has 0 aromatic heterocycles. The minimum Gasteiger partial charge on any atom is -0.462 e. The molecule has 0 bridgehead atoms. The van der Waals surface area contributed by atoms with Crippen LogP contribution in [0.15, 0.2) is 11.6 Å². The lowest BCUT2D eigenvalue weighted by Gasteiger charge is -2.49. The number of amides is 1. The van der Waals surface area contributed by atoms with Gasteiger partial charge in [0.15, 0.2) is 0 Å². The number of rotatable bonds is 10. The third kappa shape index (κ3) is 7.81. The van der Waals surface area contributed by atoms with E-state index in [0.29, 0.717) is 31.8 Å².